The minimum atomic E-state index is -3.17. The maximum atomic E-state index is 11.5. The Kier molecular flexibility index (Phi) is 3.36. The molecule has 0 amide bonds. The van der Waals surface area contributed by atoms with Gasteiger partial charge in [0.15, 0.2) is 9.84 Å². The lowest BCUT2D eigenvalue weighted by atomic mass is 9.64. The molecule has 2 rings (SSSR count). The normalized spacial score (nSPS) is 18.8. The summed E-state index contributed by atoms with van der Waals surface area (Å²) in [5, 5.41) is 0. The van der Waals surface area contributed by atoms with Gasteiger partial charge in [0, 0.05) is 22.7 Å². The van der Waals surface area contributed by atoms with E-state index >= 15 is 0 Å². The average Bonchev–Trinajstić information content (AvgIpc) is 2.14. The predicted molar refractivity (Wildman–Crippen MR) is 71.8 cm³/mol. The fraction of sp³-hybridized carbons (Fsp3) is 0.500. The van der Waals surface area contributed by atoms with Crippen LogP contribution in [0, 0.1) is 0 Å². The number of rotatable bonds is 3. The Hall–Kier alpha value is -0.390. The molecule has 3 nitrogen and oxygen atoms in total. The van der Waals surface area contributed by atoms with Crippen LogP contribution < -0.4 is 5.73 Å². The summed E-state index contributed by atoms with van der Waals surface area (Å²) < 4.78 is 23.7. The molecule has 1 saturated carbocycles. The van der Waals surface area contributed by atoms with Gasteiger partial charge in [-0.15, -0.1) is 0 Å². The van der Waals surface area contributed by atoms with E-state index in [0.29, 0.717) is 15.9 Å². The monoisotopic (exact) mass is 317 g/mol. The number of nitrogens with two attached hydrogens (primary N) is 1. The van der Waals surface area contributed by atoms with Crippen LogP contribution in [0.1, 0.15) is 24.8 Å². The van der Waals surface area contributed by atoms with Gasteiger partial charge in [-0.2, -0.15) is 0 Å². The lowest BCUT2D eigenvalue weighted by Crippen LogP contribution is -2.41. The zero-order valence-corrected chi connectivity index (χ0v) is 12.1. The van der Waals surface area contributed by atoms with Crippen LogP contribution in [0.25, 0.3) is 0 Å². The lowest BCUT2D eigenvalue weighted by Gasteiger charge is -2.41. The molecule has 0 heterocycles. The minimum absolute atomic E-state index is 0.0680. The van der Waals surface area contributed by atoms with Crippen molar-refractivity contribution in [2.45, 2.75) is 29.6 Å². The predicted octanol–water partition coefficient (Wildman–Crippen LogP) is 2.23. The molecule has 0 spiro atoms. The molecule has 94 valence electrons. The Morgan fingerprint density at radius 2 is 2.06 bits per heavy atom. The number of halogens is 1. The van der Waals surface area contributed by atoms with Gasteiger partial charge < -0.3 is 5.73 Å². The van der Waals surface area contributed by atoms with Crippen LogP contribution in [0.2, 0.25) is 0 Å². The molecule has 0 radical (unpaired) electrons. The van der Waals surface area contributed by atoms with Crippen molar-refractivity contribution in [1.82, 2.24) is 0 Å². The molecule has 2 N–H and O–H groups in total. The number of hydrogen-bond donors (Lipinski definition) is 1. The van der Waals surface area contributed by atoms with Crippen LogP contribution in [-0.4, -0.2) is 21.2 Å². The van der Waals surface area contributed by atoms with E-state index in [1.165, 1.54) is 12.7 Å². The molecule has 0 saturated heterocycles. The van der Waals surface area contributed by atoms with Gasteiger partial charge in [0.05, 0.1) is 4.90 Å². The second-order valence-corrected chi connectivity index (χ2v) is 7.59. The van der Waals surface area contributed by atoms with Gasteiger partial charge in [-0.3, -0.25) is 0 Å². The number of hydrogen-bond acceptors (Lipinski definition) is 3. The first-order chi connectivity index (χ1) is 7.89. The van der Waals surface area contributed by atoms with E-state index in [1.807, 2.05) is 12.1 Å². The van der Waals surface area contributed by atoms with Gasteiger partial charge in [-0.05, 0) is 46.5 Å². The minimum Gasteiger partial charge on any atom is -0.330 e. The highest BCUT2D eigenvalue weighted by atomic mass is 79.9. The maximum Gasteiger partial charge on any atom is 0.176 e. The summed E-state index contributed by atoms with van der Waals surface area (Å²) in [6.07, 6.45) is 4.60. The molecular weight excluding hydrogens is 302 g/mol. The van der Waals surface area contributed by atoms with Crippen molar-refractivity contribution in [1.29, 1.82) is 0 Å². The Morgan fingerprint density at radius 1 is 1.41 bits per heavy atom. The lowest BCUT2D eigenvalue weighted by molar-refractivity contribution is 0.253. The highest BCUT2D eigenvalue weighted by molar-refractivity contribution is 9.10. The molecule has 0 atom stereocenters. The van der Waals surface area contributed by atoms with E-state index in [0.717, 1.165) is 18.4 Å². The molecule has 17 heavy (non-hydrogen) atoms. The smallest absolute Gasteiger partial charge is 0.176 e. The first-order valence-corrected chi connectivity index (χ1v) is 8.28. The fourth-order valence-electron chi connectivity index (χ4n) is 2.35. The summed E-state index contributed by atoms with van der Waals surface area (Å²) in [5.41, 5.74) is 7.05. The van der Waals surface area contributed by atoms with Gasteiger partial charge in [0.25, 0.3) is 0 Å². The standard InChI is InChI=1S/C12H16BrNO2S/c1-17(15,16)11-4-3-9(7-10(11)13)12(8-14)5-2-6-12/h3-4,7H,2,5-6,8,14H2,1H3. The molecule has 1 aromatic rings. The molecule has 0 aromatic heterocycles. The van der Waals surface area contributed by atoms with Crippen LogP contribution in [-0.2, 0) is 15.3 Å². The zero-order valence-electron chi connectivity index (χ0n) is 9.74. The third kappa shape index (κ3) is 2.28. The molecule has 1 aliphatic carbocycles. The fourth-order valence-corrected chi connectivity index (χ4v) is 4.33. The van der Waals surface area contributed by atoms with Crippen molar-refractivity contribution >= 4 is 25.8 Å². The van der Waals surface area contributed by atoms with E-state index in [1.54, 1.807) is 6.07 Å². The average molecular weight is 318 g/mol. The van der Waals surface area contributed by atoms with Crippen molar-refractivity contribution in [3.8, 4) is 0 Å². The van der Waals surface area contributed by atoms with Crippen LogP contribution in [0.4, 0.5) is 0 Å². The SMILES string of the molecule is CS(=O)(=O)c1ccc(C2(CN)CCC2)cc1Br. The molecule has 1 aromatic carbocycles. The topological polar surface area (TPSA) is 60.2 Å². The second-order valence-electron chi connectivity index (χ2n) is 4.76. The zero-order chi connectivity index (χ0) is 12.7. The summed E-state index contributed by atoms with van der Waals surface area (Å²) in [5.74, 6) is 0. The molecule has 0 aliphatic heterocycles. The number of sulfone groups is 1. The summed E-state index contributed by atoms with van der Waals surface area (Å²) in [7, 11) is -3.17. The first kappa shape index (κ1) is 13.1. The third-order valence-corrected chi connectivity index (χ3v) is 5.72. The summed E-state index contributed by atoms with van der Waals surface area (Å²) >= 11 is 3.34. The van der Waals surface area contributed by atoms with Crippen molar-refractivity contribution in [2.75, 3.05) is 12.8 Å². The Morgan fingerprint density at radius 3 is 2.41 bits per heavy atom. The summed E-state index contributed by atoms with van der Waals surface area (Å²) in [6, 6.07) is 5.47. The van der Waals surface area contributed by atoms with Gasteiger partial charge in [-0.1, -0.05) is 12.5 Å². The Labute approximate surface area is 110 Å². The van der Waals surface area contributed by atoms with Gasteiger partial charge in [0.1, 0.15) is 0 Å². The molecule has 0 bridgehead atoms. The van der Waals surface area contributed by atoms with Crippen molar-refractivity contribution in [3.63, 3.8) is 0 Å². The van der Waals surface area contributed by atoms with Crippen LogP contribution in [0.3, 0.4) is 0 Å². The Balaban J connectivity index is 2.44. The molecular formula is C12H16BrNO2S. The quantitative estimate of drug-likeness (QED) is 0.930. The van der Waals surface area contributed by atoms with E-state index in [9.17, 15) is 8.42 Å². The third-order valence-electron chi connectivity index (χ3n) is 3.65. The van der Waals surface area contributed by atoms with Crippen LogP contribution in [0.5, 0.6) is 0 Å². The molecule has 0 unspecified atom stereocenters. The molecule has 1 fully saturated rings. The van der Waals surface area contributed by atoms with Gasteiger partial charge in [-0.25, -0.2) is 8.42 Å². The van der Waals surface area contributed by atoms with E-state index in [2.05, 4.69) is 15.9 Å². The number of benzene rings is 1. The van der Waals surface area contributed by atoms with Crippen molar-refractivity contribution in [2.24, 2.45) is 5.73 Å². The van der Waals surface area contributed by atoms with Crippen LogP contribution >= 0.6 is 15.9 Å². The molecule has 1 aliphatic rings. The van der Waals surface area contributed by atoms with Crippen molar-refractivity contribution < 1.29 is 8.42 Å². The Bertz CT molecular complexity index is 530. The maximum absolute atomic E-state index is 11.5. The highest BCUT2D eigenvalue weighted by Crippen LogP contribution is 2.44. The summed E-state index contributed by atoms with van der Waals surface area (Å²) in [4.78, 5) is 0.341. The van der Waals surface area contributed by atoms with E-state index < -0.39 is 9.84 Å². The summed E-state index contributed by atoms with van der Waals surface area (Å²) in [6.45, 7) is 0.623. The van der Waals surface area contributed by atoms with E-state index in [-0.39, 0.29) is 5.41 Å². The molecule has 5 heteroatoms. The largest absolute Gasteiger partial charge is 0.330 e. The van der Waals surface area contributed by atoms with Crippen molar-refractivity contribution in [3.05, 3.63) is 28.2 Å². The van der Waals surface area contributed by atoms with Crippen LogP contribution in [0.15, 0.2) is 27.6 Å². The first-order valence-electron chi connectivity index (χ1n) is 5.59. The highest BCUT2D eigenvalue weighted by Gasteiger charge is 2.37. The van der Waals surface area contributed by atoms with Gasteiger partial charge in [0.2, 0.25) is 0 Å². The van der Waals surface area contributed by atoms with Gasteiger partial charge >= 0.3 is 0 Å². The second kappa shape index (κ2) is 4.37. The van der Waals surface area contributed by atoms with E-state index in [4.69, 9.17) is 5.73 Å².